The zero-order valence-corrected chi connectivity index (χ0v) is 16.5. The molecule has 0 aromatic carbocycles. The Morgan fingerprint density at radius 1 is 1.16 bits per heavy atom. The molecule has 6 nitrogen and oxygen atoms in total. The minimum atomic E-state index is -1.02. The lowest BCUT2D eigenvalue weighted by molar-refractivity contribution is 0.0672. The van der Waals surface area contributed by atoms with Gasteiger partial charge in [0.15, 0.2) is 5.96 Å². The summed E-state index contributed by atoms with van der Waals surface area (Å²) in [4.78, 5) is 4.54. The van der Waals surface area contributed by atoms with E-state index < -0.39 is 5.60 Å². The second kappa shape index (κ2) is 11.9. The van der Waals surface area contributed by atoms with Crippen LogP contribution in [0.15, 0.2) is 17.4 Å². The molecule has 0 fully saturated rings. The van der Waals surface area contributed by atoms with Crippen LogP contribution >= 0.6 is 0 Å². The molecule has 0 amide bonds. The van der Waals surface area contributed by atoms with Crippen molar-refractivity contribution in [1.82, 2.24) is 20.4 Å². The number of nitrogens with zero attached hydrogens (tertiary/aromatic N) is 3. The summed E-state index contributed by atoms with van der Waals surface area (Å²) in [5.74, 6) is 0.762. The van der Waals surface area contributed by atoms with Gasteiger partial charge in [0, 0.05) is 31.9 Å². The van der Waals surface area contributed by atoms with Gasteiger partial charge in [-0.15, -0.1) is 0 Å². The topological polar surface area (TPSA) is 74.5 Å². The Kier molecular flexibility index (Phi) is 10.2. The van der Waals surface area contributed by atoms with E-state index in [-0.39, 0.29) is 0 Å². The molecular formula is C19H37N5O. The first kappa shape index (κ1) is 21.5. The summed E-state index contributed by atoms with van der Waals surface area (Å²) < 4.78 is 1.69. The predicted molar refractivity (Wildman–Crippen MR) is 105 cm³/mol. The van der Waals surface area contributed by atoms with Crippen molar-refractivity contribution in [2.24, 2.45) is 12.0 Å². The Hall–Kier alpha value is -1.56. The molecule has 0 bridgehead atoms. The van der Waals surface area contributed by atoms with Gasteiger partial charge in [-0.2, -0.15) is 5.10 Å². The van der Waals surface area contributed by atoms with Crippen LogP contribution in [0.1, 0.15) is 71.3 Å². The number of guanidine groups is 1. The smallest absolute Gasteiger partial charge is 0.191 e. The molecule has 1 unspecified atom stereocenters. The molecule has 1 rings (SSSR count). The van der Waals surface area contributed by atoms with Gasteiger partial charge in [-0.1, -0.05) is 45.4 Å². The fraction of sp³-hybridized carbons (Fsp3) is 0.789. The Morgan fingerprint density at radius 2 is 1.84 bits per heavy atom. The molecule has 1 atom stereocenters. The number of rotatable bonds is 12. The van der Waals surface area contributed by atoms with E-state index in [1.165, 1.54) is 38.5 Å². The van der Waals surface area contributed by atoms with Gasteiger partial charge in [-0.3, -0.25) is 4.68 Å². The lowest BCUT2D eigenvalue weighted by atomic mass is 10.0. The summed E-state index contributed by atoms with van der Waals surface area (Å²) >= 11 is 0. The maximum atomic E-state index is 10.6. The number of aromatic nitrogens is 2. The Labute approximate surface area is 153 Å². The number of aliphatic hydroxyl groups is 1. The molecule has 0 spiro atoms. The summed E-state index contributed by atoms with van der Waals surface area (Å²) in [6.07, 6.45) is 12.6. The highest BCUT2D eigenvalue weighted by molar-refractivity contribution is 5.79. The van der Waals surface area contributed by atoms with Crippen LogP contribution in [0, 0.1) is 0 Å². The van der Waals surface area contributed by atoms with E-state index >= 15 is 0 Å². The second-order valence-corrected chi connectivity index (χ2v) is 6.92. The van der Waals surface area contributed by atoms with Crippen LogP contribution in [-0.2, 0) is 12.6 Å². The summed E-state index contributed by atoms with van der Waals surface area (Å²) in [5, 5.41) is 21.3. The molecule has 0 aliphatic carbocycles. The molecular weight excluding hydrogens is 314 g/mol. The molecule has 1 heterocycles. The third kappa shape index (κ3) is 8.91. The highest BCUT2D eigenvalue weighted by atomic mass is 16.3. The molecule has 1 aromatic heterocycles. The SMILES string of the molecule is CCCCCCCCCNC(=NCC(C)(O)c1cnn(C)c1)NCC. The highest BCUT2D eigenvalue weighted by Gasteiger charge is 2.24. The molecule has 0 saturated heterocycles. The molecule has 3 N–H and O–H groups in total. The van der Waals surface area contributed by atoms with E-state index in [0.717, 1.165) is 31.0 Å². The Balaban J connectivity index is 2.35. The average molecular weight is 352 g/mol. The molecule has 0 aliphatic heterocycles. The Morgan fingerprint density at radius 3 is 2.44 bits per heavy atom. The third-order valence-electron chi connectivity index (χ3n) is 4.29. The van der Waals surface area contributed by atoms with Crippen LogP contribution in [-0.4, -0.2) is 40.5 Å². The first-order chi connectivity index (χ1) is 12.0. The van der Waals surface area contributed by atoms with Gasteiger partial charge < -0.3 is 15.7 Å². The molecule has 1 aromatic rings. The number of nitrogens with one attached hydrogen (secondary N) is 2. The van der Waals surface area contributed by atoms with Crippen molar-refractivity contribution in [2.45, 2.75) is 71.3 Å². The Bertz CT molecular complexity index is 496. The first-order valence-corrected chi connectivity index (χ1v) is 9.73. The summed E-state index contributed by atoms with van der Waals surface area (Å²) in [7, 11) is 1.84. The van der Waals surface area contributed by atoms with Crippen LogP contribution < -0.4 is 10.6 Å². The van der Waals surface area contributed by atoms with Gasteiger partial charge in [0.1, 0.15) is 5.60 Å². The fourth-order valence-corrected chi connectivity index (χ4v) is 2.65. The maximum Gasteiger partial charge on any atom is 0.191 e. The lowest BCUT2D eigenvalue weighted by Gasteiger charge is -2.20. The van der Waals surface area contributed by atoms with Crippen LogP contribution in [0.5, 0.6) is 0 Å². The van der Waals surface area contributed by atoms with Crippen LogP contribution in [0.4, 0.5) is 0 Å². The van der Waals surface area contributed by atoms with Gasteiger partial charge >= 0.3 is 0 Å². The van der Waals surface area contributed by atoms with Crippen LogP contribution in [0.3, 0.4) is 0 Å². The average Bonchev–Trinajstić information content (AvgIpc) is 3.02. The van der Waals surface area contributed by atoms with Gasteiger partial charge in [0.2, 0.25) is 0 Å². The summed E-state index contributed by atoms with van der Waals surface area (Å²) in [5.41, 5.74) is -0.239. The minimum absolute atomic E-state index is 0.297. The van der Waals surface area contributed by atoms with Crippen molar-refractivity contribution < 1.29 is 5.11 Å². The zero-order chi connectivity index (χ0) is 18.5. The van der Waals surface area contributed by atoms with E-state index in [2.05, 4.69) is 27.6 Å². The number of hydrogen-bond donors (Lipinski definition) is 3. The van der Waals surface area contributed by atoms with Crippen molar-refractivity contribution in [3.8, 4) is 0 Å². The largest absolute Gasteiger partial charge is 0.383 e. The summed E-state index contributed by atoms with van der Waals surface area (Å²) in [6.45, 7) is 8.08. The van der Waals surface area contributed by atoms with E-state index in [9.17, 15) is 5.11 Å². The molecule has 6 heteroatoms. The molecule has 25 heavy (non-hydrogen) atoms. The number of aryl methyl sites for hydroxylation is 1. The first-order valence-electron chi connectivity index (χ1n) is 9.73. The van der Waals surface area contributed by atoms with Gasteiger partial charge in [-0.25, -0.2) is 4.99 Å². The van der Waals surface area contributed by atoms with E-state index in [0.29, 0.717) is 6.54 Å². The number of unbranched alkanes of at least 4 members (excludes halogenated alkanes) is 6. The standard InChI is InChI=1S/C19H37N5O/c1-5-7-8-9-10-11-12-13-21-18(20-6-2)22-16-19(3,25)17-14-23-24(4)15-17/h14-15,25H,5-13,16H2,1-4H3,(H2,20,21,22). The maximum absolute atomic E-state index is 10.6. The lowest BCUT2D eigenvalue weighted by Crippen LogP contribution is -2.39. The molecule has 144 valence electrons. The van der Waals surface area contributed by atoms with Gasteiger partial charge in [0.25, 0.3) is 0 Å². The van der Waals surface area contributed by atoms with E-state index in [1.807, 2.05) is 20.2 Å². The predicted octanol–water partition coefficient (Wildman–Crippen LogP) is 2.93. The van der Waals surface area contributed by atoms with Crippen molar-refractivity contribution in [3.05, 3.63) is 18.0 Å². The van der Waals surface area contributed by atoms with Crippen LogP contribution in [0.25, 0.3) is 0 Å². The fourth-order valence-electron chi connectivity index (χ4n) is 2.65. The monoisotopic (exact) mass is 351 g/mol. The summed E-state index contributed by atoms with van der Waals surface area (Å²) in [6, 6.07) is 0. The van der Waals surface area contributed by atoms with E-state index in [4.69, 9.17) is 0 Å². The number of hydrogen-bond acceptors (Lipinski definition) is 3. The molecule has 0 radical (unpaired) electrons. The molecule has 0 aliphatic rings. The third-order valence-corrected chi connectivity index (χ3v) is 4.29. The van der Waals surface area contributed by atoms with Crippen molar-refractivity contribution >= 4 is 5.96 Å². The van der Waals surface area contributed by atoms with Crippen molar-refractivity contribution in [3.63, 3.8) is 0 Å². The highest BCUT2D eigenvalue weighted by Crippen LogP contribution is 2.19. The van der Waals surface area contributed by atoms with Gasteiger partial charge in [0.05, 0.1) is 12.7 Å². The van der Waals surface area contributed by atoms with Crippen LogP contribution in [0.2, 0.25) is 0 Å². The molecule has 0 saturated carbocycles. The normalized spacial score (nSPS) is 14.4. The van der Waals surface area contributed by atoms with E-state index in [1.54, 1.807) is 17.8 Å². The van der Waals surface area contributed by atoms with Crippen molar-refractivity contribution in [1.29, 1.82) is 0 Å². The van der Waals surface area contributed by atoms with Gasteiger partial charge in [-0.05, 0) is 20.3 Å². The zero-order valence-electron chi connectivity index (χ0n) is 16.5. The quantitative estimate of drug-likeness (QED) is 0.307. The van der Waals surface area contributed by atoms with Crippen molar-refractivity contribution in [2.75, 3.05) is 19.6 Å². The minimum Gasteiger partial charge on any atom is -0.383 e. The second-order valence-electron chi connectivity index (χ2n) is 6.92. The number of aliphatic imine (C=N–C) groups is 1.